The topological polar surface area (TPSA) is 41.5 Å². The summed E-state index contributed by atoms with van der Waals surface area (Å²) in [5.41, 5.74) is 0. The van der Waals surface area contributed by atoms with Gasteiger partial charge in [-0.25, -0.2) is 0 Å². The van der Waals surface area contributed by atoms with Crippen LogP contribution in [-0.4, -0.2) is 24.7 Å². The number of rotatable bonds is 1. The third kappa shape index (κ3) is 1.52. The van der Waals surface area contributed by atoms with E-state index in [-0.39, 0.29) is 5.78 Å². The van der Waals surface area contributed by atoms with Crippen molar-refractivity contribution >= 4 is 11.6 Å². The summed E-state index contributed by atoms with van der Waals surface area (Å²) in [7, 11) is 0. The van der Waals surface area contributed by atoms with E-state index in [0.717, 1.165) is 19.5 Å². The van der Waals surface area contributed by atoms with E-state index in [1.165, 1.54) is 6.92 Å². The van der Waals surface area contributed by atoms with Gasteiger partial charge in [0.25, 0.3) is 0 Å². The molecule has 3 nitrogen and oxygen atoms in total. The van der Waals surface area contributed by atoms with E-state index < -0.39 is 0 Å². The Labute approximate surface area is 54.2 Å². The van der Waals surface area contributed by atoms with Crippen molar-refractivity contribution in [1.82, 2.24) is 5.32 Å². The van der Waals surface area contributed by atoms with E-state index in [4.69, 9.17) is 0 Å². The Kier molecular flexibility index (Phi) is 1.82. The predicted molar refractivity (Wildman–Crippen MR) is 35.6 cm³/mol. The van der Waals surface area contributed by atoms with Gasteiger partial charge in [-0.2, -0.15) is 0 Å². The van der Waals surface area contributed by atoms with Gasteiger partial charge in [0, 0.05) is 20.0 Å². The molecule has 1 N–H and O–H groups in total. The molecule has 0 aromatic rings. The molecular weight excluding hydrogens is 116 g/mol. The van der Waals surface area contributed by atoms with E-state index in [2.05, 4.69) is 10.3 Å². The van der Waals surface area contributed by atoms with Gasteiger partial charge in [0.1, 0.15) is 0 Å². The Morgan fingerprint density at radius 2 is 2.56 bits per heavy atom. The average Bonchev–Trinajstić information content (AvgIpc) is 1.90. The largest absolute Gasteiger partial charge is 0.367 e. The molecule has 1 heterocycles. The Morgan fingerprint density at radius 3 is 2.89 bits per heavy atom. The quantitative estimate of drug-likeness (QED) is 0.536. The van der Waals surface area contributed by atoms with Gasteiger partial charge in [-0.15, -0.1) is 0 Å². The zero-order valence-electron chi connectivity index (χ0n) is 5.48. The Hall–Kier alpha value is -0.860. The minimum Gasteiger partial charge on any atom is -0.367 e. The van der Waals surface area contributed by atoms with E-state index in [1.54, 1.807) is 0 Å². The second-order valence-corrected chi connectivity index (χ2v) is 2.07. The first kappa shape index (κ1) is 6.26. The van der Waals surface area contributed by atoms with Crippen molar-refractivity contribution in [3.63, 3.8) is 0 Å². The van der Waals surface area contributed by atoms with Crippen LogP contribution in [0.2, 0.25) is 0 Å². The van der Waals surface area contributed by atoms with E-state index >= 15 is 0 Å². The molecule has 0 aromatic carbocycles. The molecule has 0 aromatic heterocycles. The van der Waals surface area contributed by atoms with Gasteiger partial charge in [0.05, 0.1) is 0 Å². The van der Waals surface area contributed by atoms with Crippen LogP contribution in [0.4, 0.5) is 0 Å². The van der Waals surface area contributed by atoms with Crippen LogP contribution in [-0.2, 0) is 4.79 Å². The molecule has 0 aliphatic carbocycles. The highest BCUT2D eigenvalue weighted by Gasteiger charge is 2.06. The van der Waals surface area contributed by atoms with Crippen molar-refractivity contribution < 1.29 is 4.79 Å². The van der Waals surface area contributed by atoms with Crippen LogP contribution in [0.25, 0.3) is 0 Å². The van der Waals surface area contributed by atoms with Crippen LogP contribution in [0.5, 0.6) is 0 Å². The first-order valence-corrected chi connectivity index (χ1v) is 3.10. The maximum Gasteiger partial charge on any atom is 0.194 e. The Morgan fingerprint density at radius 1 is 1.78 bits per heavy atom. The molecule has 1 aliphatic rings. The van der Waals surface area contributed by atoms with Crippen LogP contribution >= 0.6 is 0 Å². The van der Waals surface area contributed by atoms with Crippen molar-refractivity contribution in [2.75, 3.05) is 13.1 Å². The molecule has 0 saturated heterocycles. The average molecular weight is 126 g/mol. The van der Waals surface area contributed by atoms with Crippen molar-refractivity contribution in [1.29, 1.82) is 0 Å². The first-order valence-electron chi connectivity index (χ1n) is 3.10. The molecule has 3 heteroatoms. The van der Waals surface area contributed by atoms with Gasteiger partial charge < -0.3 is 5.32 Å². The zero-order valence-corrected chi connectivity index (χ0v) is 5.48. The lowest BCUT2D eigenvalue weighted by Crippen LogP contribution is -2.34. The van der Waals surface area contributed by atoms with E-state index in [0.29, 0.717) is 5.84 Å². The number of nitrogens with one attached hydrogen (secondary N) is 1. The number of aliphatic imine (C=N–C) groups is 1. The standard InChI is InChI=1S/C6H10N2O/c1-5(9)6-7-3-2-4-8-6/h2-4H2,1H3,(H,7,8). The molecule has 0 bridgehead atoms. The second-order valence-electron chi connectivity index (χ2n) is 2.07. The fraction of sp³-hybridized carbons (Fsp3) is 0.667. The lowest BCUT2D eigenvalue weighted by Gasteiger charge is -2.10. The molecule has 9 heavy (non-hydrogen) atoms. The lowest BCUT2D eigenvalue weighted by atomic mass is 10.3. The molecule has 1 aliphatic heterocycles. The number of carbonyl (C=O) groups is 1. The van der Waals surface area contributed by atoms with Crippen LogP contribution in [0.15, 0.2) is 4.99 Å². The summed E-state index contributed by atoms with van der Waals surface area (Å²) in [4.78, 5) is 14.6. The fourth-order valence-electron chi connectivity index (χ4n) is 0.768. The lowest BCUT2D eigenvalue weighted by molar-refractivity contribution is -0.111. The van der Waals surface area contributed by atoms with Gasteiger partial charge in [0.2, 0.25) is 0 Å². The summed E-state index contributed by atoms with van der Waals surface area (Å²) in [6.07, 6.45) is 1.04. The summed E-state index contributed by atoms with van der Waals surface area (Å²) in [5.74, 6) is 0.580. The number of ketones is 1. The van der Waals surface area contributed by atoms with Crippen LogP contribution in [0.3, 0.4) is 0 Å². The van der Waals surface area contributed by atoms with Crippen LogP contribution in [0.1, 0.15) is 13.3 Å². The second kappa shape index (κ2) is 2.62. The van der Waals surface area contributed by atoms with Gasteiger partial charge in [0.15, 0.2) is 11.6 Å². The highest BCUT2D eigenvalue weighted by molar-refractivity contribution is 6.38. The molecule has 0 spiro atoms. The summed E-state index contributed by atoms with van der Waals surface area (Å²) >= 11 is 0. The SMILES string of the molecule is CC(=O)C1=NCCCN1. The molecule has 50 valence electrons. The fourth-order valence-corrected chi connectivity index (χ4v) is 0.768. The van der Waals surface area contributed by atoms with Crippen molar-refractivity contribution in [2.45, 2.75) is 13.3 Å². The monoisotopic (exact) mass is 126 g/mol. The summed E-state index contributed by atoms with van der Waals surface area (Å²) in [6.45, 7) is 3.21. The normalized spacial score (nSPS) is 18.1. The molecule has 0 radical (unpaired) electrons. The van der Waals surface area contributed by atoms with Gasteiger partial charge in [-0.1, -0.05) is 0 Å². The molecule has 0 saturated carbocycles. The molecule has 1 rings (SSSR count). The third-order valence-corrected chi connectivity index (χ3v) is 1.23. The molecule has 0 amide bonds. The smallest absolute Gasteiger partial charge is 0.194 e. The van der Waals surface area contributed by atoms with Crippen molar-refractivity contribution in [3.05, 3.63) is 0 Å². The molecular formula is C6H10N2O. The van der Waals surface area contributed by atoms with E-state index in [9.17, 15) is 4.79 Å². The first-order chi connectivity index (χ1) is 4.30. The van der Waals surface area contributed by atoms with Crippen LogP contribution < -0.4 is 5.32 Å². The minimum absolute atomic E-state index is 0.0368. The van der Waals surface area contributed by atoms with Crippen molar-refractivity contribution in [2.24, 2.45) is 4.99 Å². The maximum atomic E-state index is 10.6. The van der Waals surface area contributed by atoms with Crippen LogP contribution in [0, 0.1) is 0 Å². The highest BCUT2D eigenvalue weighted by atomic mass is 16.1. The maximum absolute atomic E-state index is 10.6. The number of hydrogen-bond acceptors (Lipinski definition) is 3. The number of amidine groups is 1. The van der Waals surface area contributed by atoms with Gasteiger partial charge in [-0.05, 0) is 6.42 Å². The predicted octanol–water partition coefficient (Wildman–Crippen LogP) is -0.0328. The Balaban J connectivity index is 2.57. The summed E-state index contributed by atoms with van der Waals surface area (Å²) in [6, 6.07) is 0. The zero-order chi connectivity index (χ0) is 6.69. The number of hydrogen-bond donors (Lipinski definition) is 1. The highest BCUT2D eigenvalue weighted by Crippen LogP contribution is 1.89. The van der Waals surface area contributed by atoms with Gasteiger partial charge >= 0.3 is 0 Å². The summed E-state index contributed by atoms with van der Waals surface area (Å²) in [5, 5.41) is 2.92. The Bertz CT molecular complexity index is 151. The minimum atomic E-state index is 0.0368. The number of nitrogens with zero attached hydrogens (tertiary/aromatic N) is 1. The molecule has 0 fully saturated rings. The molecule has 0 unspecified atom stereocenters. The molecule has 0 atom stereocenters. The van der Waals surface area contributed by atoms with Gasteiger partial charge in [-0.3, -0.25) is 9.79 Å². The number of carbonyl (C=O) groups excluding carboxylic acids is 1. The number of Topliss-reactive ketones (excluding diaryl/α,β-unsaturated/α-hetero) is 1. The third-order valence-electron chi connectivity index (χ3n) is 1.23. The summed E-state index contributed by atoms with van der Waals surface area (Å²) < 4.78 is 0. The van der Waals surface area contributed by atoms with E-state index in [1.807, 2.05) is 0 Å². The van der Waals surface area contributed by atoms with Crippen molar-refractivity contribution in [3.8, 4) is 0 Å².